The lowest BCUT2D eigenvalue weighted by molar-refractivity contribution is -0.140. The molecule has 0 atom stereocenters. The van der Waals surface area contributed by atoms with E-state index in [0.29, 0.717) is 29.3 Å². The van der Waals surface area contributed by atoms with Crippen LogP contribution in [0.15, 0.2) is 49.2 Å². The van der Waals surface area contributed by atoms with Crippen molar-refractivity contribution in [1.82, 2.24) is 34.5 Å². The molecule has 0 saturated carbocycles. The second-order valence-electron chi connectivity index (χ2n) is 10.1. The van der Waals surface area contributed by atoms with E-state index >= 15 is 0 Å². The number of alkyl halides is 3. The summed E-state index contributed by atoms with van der Waals surface area (Å²) in [4.78, 5) is 25.2. The van der Waals surface area contributed by atoms with Gasteiger partial charge in [-0.15, -0.1) is 0 Å². The highest BCUT2D eigenvalue weighted by atomic mass is 19.4. The highest BCUT2D eigenvalue weighted by molar-refractivity contribution is 5.81. The molecular weight excluding hydrogens is 495 g/mol. The monoisotopic (exact) mass is 521 g/mol. The molecule has 0 unspecified atom stereocenters. The minimum Gasteiger partial charge on any atom is -0.480 e. The van der Waals surface area contributed by atoms with Crippen LogP contribution < -0.4 is 4.74 Å². The predicted molar refractivity (Wildman–Crippen MR) is 137 cm³/mol. The van der Waals surface area contributed by atoms with Gasteiger partial charge in [-0.05, 0) is 5.56 Å². The number of methoxy groups -OCH3 is 1. The van der Waals surface area contributed by atoms with Gasteiger partial charge >= 0.3 is 6.18 Å². The molecule has 0 bridgehead atoms. The van der Waals surface area contributed by atoms with E-state index in [1.165, 1.54) is 10.9 Å². The Morgan fingerprint density at radius 3 is 2.37 bits per heavy atom. The third-order valence-corrected chi connectivity index (χ3v) is 6.21. The van der Waals surface area contributed by atoms with Gasteiger partial charge in [0.25, 0.3) is 0 Å². The molecule has 1 aromatic carbocycles. The first-order valence-corrected chi connectivity index (χ1v) is 11.9. The fraction of sp³-hybridized carbons (Fsp3) is 0.296. The molecule has 0 amide bonds. The van der Waals surface area contributed by atoms with Crippen molar-refractivity contribution >= 4 is 11.0 Å². The van der Waals surface area contributed by atoms with E-state index in [0.717, 1.165) is 34.1 Å². The van der Waals surface area contributed by atoms with Crippen LogP contribution >= 0.6 is 0 Å². The second-order valence-corrected chi connectivity index (χ2v) is 10.1. The lowest BCUT2D eigenvalue weighted by Crippen LogP contribution is -2.17. The molecule has 38 heavy (non-hydrogen) atoms. The summed E-state index contributed by atoms with van der Waals surface area (Å²) in [5.74, 6) is 1.12. The van der Waals surface area contributed by atoms with Crippen molar-refractivity contribution in [2.45, 2.75) is 38.8 Å². The number of halogens is 3. The van der Waals surface area contributed by atoms with Crippen LogP contribution in [0.4, 0.5) is 13.2 Å². The van der Waals surface area contributed by atoms with Gasteiger partial charge in [0.2, 0.25) is 5.88 Å². The minimum absolute atomic E-state index is 0.252. The van der Waals surface area contributed by atoms with Gasteiger partial charge in [-0.1, -0.05) is 45.0 Å². The summed E-state index contributed by atoms with van der Waals surface area (Å²) in [5, 5.41) is 0. The average Bonchev–Trinajstić information content (AvgIpc) is 3.46. The Bertz CT molecular complexity index is 1610. The first-order chi connectivity index (χ1) is 18.0. The summed E-state index contributed by atoms with van der Waals surface area (Å²) in [6, 6.07) is 7.30. The van der Waals surface area contributed by atoms with Crippen LogP contribution in [-0.2, 0) is 25.1 Å². The molecule has 5 rings (SSSR count). The Balaban J connectivity index is 1.48. The number of hydrogen-bond acceptors (Lipinski definition) is 6. The van der Waals surface area contributed by atoms with Gasteiger partial charge in [0, 0.05) is 42.4 Å². The van der Waals surface area contributed by atoms with Crippen LogP contribution in [0.1, 0.15) is 43.3 Å². The standard InChI is InChI=1S/C27H26F3N7O/c1-26(2,3)22-20(25(38-5)34-14-33-22)23-32-12-18-21(36-23)17(11-31-18)10-15-6-8-16(9-7-15)24-35-19(13-37(24)4)27(28,29)30/h6-9,11-14,31H,10H2,1-5H3. The molecule has 1 N–H and O–H groups in total. The van der Waals surface area contributed by atoms with Crippen molar-refractivity contribution < 1.29 is 17.9 Å². The molecule has 4 aromatic heterocycles. The van der Waals surface area contributed by atoms with E-state index < -0.39 is 11.9 Å². The van der Waals surface area contributed by atoms with Gasteiger partial charge in [-0.25, -0.2) is 24.9 Å². The maximum atomic E-state index is 13.1. The summed E-state index contributed by atoms with van der Waals surface area (Å²) >= 11 is 0. The van der Waals surface area contributed by atoms with Crippen molar-refractivity contribution in [3.8, 4) is 28.7 Å². The van der Waals surface area contributed by atoms with Crippen molar-refractivity contribution in [2.75, 3.05) is 7.11 Å². The lowest BCUT2D eigenvalue weighted by atomic mass is 9.88. The van der Waals surface area contributed by atoms with Crippen molar-refractivity contribution in [3.63, 3.8) is 0 Å². The third kappa shape index (κ3) is 4.71. The number of fused-ring (bicyclic) bond motifs is 1. The molecule has 4 heterocycles. The zero-order valence-electron chi connectivity index (χ0n) is 21.6. The highest BCUT2D eigenvalue weighted by Gasteiger charge is 2.34. The molecule has 0 fully saturated rings. The summed E-state index contributed by atoms with van der Waals surface area (Å²) in [6.07, 6.45) is 2.14. The van der Waals surface area contributed by atoms with Gasteiger partial charge in [0.15, 0.2) is 11.5 Å². The van der Waals surface area contributed by atoms with Crippen LogP contribution in [0, 0.1) is 0 Å². The SMILES string of the molecule is COc1ncnc(C(C)(C)C)c1-c1ncc2[nH]cc(Cc3ccc(-c4nc(C(F)(F)F)cn4C)cc3)c2n1. The minimum atomic E-state index is -4.49. The Labute approximate surface area is 217 Å². The Morgan fingerprint density at radius 1 is 1.00 bits per heavy atom. The maximum absolute atomic E-state index is 13.1. The zero-order chi connectivity index (χ0) is 27.2. The topological polar surface area (TPSA) is 94.4 Å². The smallest absolute Gasteiger partial charge is 0.434 e. The summed E-state index contributed by atoms with van der Waals surface area (Å²) in [7, 11) is 3.10. The normalized spacial score (nSPS) is 12.3. The Hall–Kier alpha value is -4.28. The molecule has 0 spiro atoms. The number of rotatable bonds is 5. The Kier molecular flexibility index (Phi) is 6.16. The predicted octanol–water partition coefficient (Wildman–Crippen LogP) is 5.73. The van der Waals surface area contributed by atoms with Crippen molar-refractivity contribution in [3.05, 3.63) is 71.7 Å². The number of imidazole rings is 1. The van der Waals surface area contributed by atoms with Gasteiger partial charge in [-0.3, -0.25) is 0 Å². The summed E-state index contributed by atoms with van der Waals surface area (Å²) in [6.45, 7) is 6.16. The largest absolute Gasteiger partial charge is 0.480 e. The number of H-pyrrole nitrogens is 1. The average molecular weight is 522 g/mol. The van der Waals surface area contributed by atoms with Gasteiger partial charge in [0.05, 0.1) is 30.0 Å². The fourth-order valence-corrected chi connectivity index (χ4v) is 4.38. The quantitative estimate of drug-likeness (QED) is 0.317. The van der Waals surface area contributed by atoms with Gasteiger partial charge in [0.1, 0.15) is 17.7 Å². The number of aromatic nitrogens is 7. The molecule has 0 saturated heterocycles. The number of aryl methyl sites for hydroxylation is 1. The number of benzene rings is 1. The van der Waals surface area contributed by atoms with E-state index in [-0.39, 0.29) is 11.2 Å². The molecular formula is C27H26F3N7O. The number of hydrogen-bond donors (Lipinski definition) is 1. The molecule has 5 aromatic rings. The van der Waals surface area contributed by atoms with E-state index in [2.05, 4.69) is 45.7 Å². The van der Waals surface area contributed by atoms with E-state index in [1.807, 2.05) is 18.3 Å². The molecule has 11 heteroatoms. The van der Waals surface area contributed by atoms with Crippen LogP contribution in [-0.4, -0.2) is 41.6 Å². The summed E-state index contributed by atoms with van der Waals surface area (Å²) in [5.41, 5.74) is 4.26. The van der Waals surface area contributed by atoms with E-state index in [1.54, 1.807) is 32.5 Å². The molecule has 0 aliphatic heterocycles. The number of aromatic amines is 1. The fourth-order valence-electron chi connectivity index (χ4n) is 4.38. The third-order valence-electron chi connectivity index (χ3n) is 6.21. The molecule has 0 aliphatic rings. The van der Waals surface area contributed by atoms with E-state index in [9.17, 15) is 13.2 Å². The van der Waals surface area contributed by atoms with Crippen molar-refractivity contribution in [1.29, 1.82) is 0 Å². The molecule has 8 nitrogen and oxygen atoms in total. The van der Waals surface area contributed by atoms with E-state index in [4.69, 9.17) is 9.72 Å². The first-order valence-electron chi connectivity index (χ1n) is 11.9. The highest BCUT2D eigenvalue weighted by Crippen LogP contribution is 2.36. The van der Waals surface area contributed by atoms with Crippen LogP contribution in [0.5, 0.6) is 5.88 Å². The molecule has 196 valence electrons. The maximum Gasteiger partial charge on any atom is 0.434 e. The van der Waals surface area contributed by atoms with Crippen LogP contribution in [0.3, 0.4) is 0 Å². The lowest BCUT2D eigenvalue weighted by Gasteiger charge is -2.21. The number of nitrogens with zero attached hydrogens (tertiary/aromatic N) is 6. The Morgan fingerprint density at radius 2 is 1.74 bits per heavy atom. The number of nitrogens with one attached hydrogen (secondary N) is 1. The van der Waals surface area contributed by atoms with Crippen LogP contribution in [0.25, 0.3) is 33.8 Å². The molecule has 0 aliphatic carbocycles. The van der Waals surface area contributed by atoms with Crippen molar-refractivity contribution in [2.24, 2.45) is 7.05 Å². The second kappa shape index (κ2) is 9.23. The van der Waals surface area contributed by atoms with Gasteiger partial charge in [-0.2, -0.15) is 13.2 Å². The summed E-state index contributed by atoms with van der Waals surface area (Å²) < 4.78 is 46.1. The molecule has 0 radical (unpaired) electrons. The van der Waals surface area contributed by atoms with Crippen LogP contribution in [0.2, 0.25) is 0 Å². The van der Waals surface area contributed by atoms with Gasteiger partial charge < -0.3 is 14.3 Å². The zero-order valence-corrected chi connectivity index (χ0v) is 21.6. The first kappa shape index (κ1) is 25.4. The number of ether oxygens (including phenoxy) is 1.